The molecule has 1 saturated heterocycles. The maximum Gasteiger partial charge on any atom is 0.237 e. The third-order valence-corrected chi connectivity index (χ3v) is 5.28. The largest absolute Gasteiger partial charge is 0.354 e. The average Bonchev–Trinajstić information content (AvgIpc) is 2.34. The molecule has 0 saturated carbocycles. The lowest BCUT2D eigenvalue weighted by molar-refractivity contribution is -0.123. The number of nitrogens with zero attached hydrogens (tertiary/aromatic N) is 1. The van der Waals surface area contributed by atoms with Crippen molar-refractivity contribution in [2.24, 2.45) is 5.92 Å². The van der Waals surface area contributed by atoms with Crippen molar-refractivity contribution < 1.29 is 4.79 Å². The Hall–Kier alpha value is -0.340. The fourth-order valence-corrected chi connectivity index (χ4v) is 4.15. The normalized spacial score (nSPS) is 22.1. The third-order valence-electron chi connectivity index (χ3n) is 2.44. The summed E-state index contributed by atoms with van der Waals surface area (Å²) in [5, 5.41) is 12.3. The highest BCUT2D eigenvalue weighted by Gasteiger charge is 2.19. The number of nitrogens with one attached hydrogen (secondary N) is 1. The van der Waals surface area contributed by atoms with E-state index in [4.69, 9.17) is 5.26 Å². The van der Waals surface area contributed by atoms with Crippen LogP contribution in [0.3, 0.4) is 0 Å². The van der Waals surface area contributed by atoms with E-state index in [1.165, 1.54) is 11.5 Å². The molecular weight excluding hydrogens is 240 g/mol. The lowest BCUT2D eigenvalue weighted by Crippen LogP contribution is -2.36. The van der Waals surface area contributed by atoms with Crippen LogP contribution in [0.1, 0.15) is 19.8 Å². The van der Waals surface area contributed by atoms with Gasteiger partial charge < -0.3 is 5.32 Å². The Morgan fingerprint density at radius 2 is 2.44 bits per heavy atom. The molecule has 1 rings (SSSR count). The van der Waals surface area contributed by atoms with Crippen LogP contribution in [0.5, 0.6) is 0 Å². The topological polar surface area (TPSA) is 52.9 Å². The van der Waals surface area contributed by atoms with Crippen LogP contribution in [0.2, 0.25) is 0 Å². The molecule has 0 aromatic carbocycles. The Labute approximate surface area is 106 Å². The maximum absolute atomic E-state index is 11.7. The molecule has 2 atom stereocenters. The van der Waals surface area contributed by atoms with Gasteiger partial charge in [0.15, 0.2) is 0 Å². The molecule has 0 radical (unpaired) electrons. The van der Waals surface area contributed by atoms with Crippen molar-refractivity contribution in [2.45, 2.75) is 25.0 Å². The second-order valence-corrected chi connectivity index (χ2v) is 6.34. The highest BCUT2D eigenvalue weighted by molar-refractivity contribution is 8.06. The number of hydrogen-bond acceptors (Lipinski definition) is 4. The average molecular weight is 258 g/mol. The number of thioether (sulfide) groups is 2. The Kier molecular flexibility index (Phi) is 6.74. The van der Waals surface area contributed by atoms with E-state index in [9.17, 15) is 4.79 Å². The highest BCUT2D eigenvalue weighted by Crippen LogP contribution is 2.23. The zero-order valence-electron chi connectivity index (χ0n) is 9.57. The Balaban J connectivity index is 2.25. The smallest absolute Gasteiger partial charge is 0.237 e. The summed E-state index contributed by atoms with van der Waals surface area (Å²) in [7, 11) is 0. The van der Waals surface area contributed by atoms with E-state index in [0.717, 1.165) is 12.2 Å². The molecule has 3 nitrogen and oxygen atoms in total. The van der Waals surface area contributed by atoms with Gasteiger partial charge in [0, 0.05) is 29.1 Å². The van der Waals surface area contributed by atoms with E-state index < -0.39 is 5.92 Å². The number of amides is 1. The standard InChI is InChI=1S/C11H18N2OS2/c1-2-3-9(6-12)11(14)13-7-10-8-15-4-5-16-10/h9-10H,2-5,7-8H2,1H3,(H,13,14). The molecule has 0 bridgehead atoms. The van der Waals surface area contributed by atoms with E-state index in [1.54, 1.807) is 0 Å². The first-order valence-electron chi connectivity index (χ1n) is 5.64. The number of carbonyl (C=O) groups excluding carboxylic acids is 1. The van der Waals surface area contributed by atoms with Crippen LogP contribution in [-0.2, 0) is 4.79 Å². The van der Waals surface area contributed by atoms with Crippen LogP contribution in [0, 0.1) is 17.2 Å². The highest BCUT2D eigenvalue weighted by atomic mass is 32.2. The summed E-state index contributed by atoms with van der Waals surface area (Å²) >= 11 is 3.86. The van der Waals surface area contributed by atoms with Crippen LogP contribution < -0.4 is 5.32 Å². The second kappa shape index (κ2) is 7.86. The minimum Gasteiger partial charge on any atom is -0.354 e. The molecular formula is C11H18N2OS2. The van der Waals surface area contributed by atoms with Gasteiger partial charge >= 0.3 is 0 Å². The molecule has 16 heavy (non-hydrogen) atoms. The van der Waals surface area contributed by atoms with Gasteiger partial charge in [-0.25, -0.2) is 0 Å². The van der Waals surface area contributed by atoms with Crippen LogP contribution in [0.15, 0.2) is 0 Å². The monoisotopic (exact) mass is 258 g/mol. The summed E-state index contributed by atoms with van der Waals surface area (Å²) in [5.41, 5.74) is 0. The van der Waals surface area contributed by atoms with Crippen LogP contribution in [0.4, 0.5) is 0 Å². The van der Waals surface area contributed by atoms with Crippen molar-refractivity contribution in [3.63, 3.8) is 0 Å². The van der Waals surface area contributed by atoms with E-state index in [-0.39, 0.29) is 5.91 Å². The lowest BCUT2D eigenvalue weighted by atomic mass is 10.1. The Bertz CT molecular complexity index is 259. The molecule has 1 fully saturated rings. The van der Waals surface area contributed by atoms with Gasteiger partial charge in [0.05, 0.1) is 6.07 Å². The summed E-state index contributed by atoms with van der Waals surface area (Å²) < 4.78 is 0. The molecule has 1 aliphatic rings. The van der Waals surface area contributed by atoms with Gasteiger partial charge in [0.25, 0.3) is 0 Å². The minimum absolute atomic E-state index is 0.0967. The van der Waals surface area contributed by atoms with Gasteiger partial charge in [-0.3, -0.25) is 4.79 Å². The van der Waals surface area contributed by atoms with E-state index in [0.29, 0.717) is 18.2 Å². The van der Waals surface area contributed by atoms with Crippen molar-refractivity contribution in [1.82, 2.24) is 5.32 Å². The molecule has 0 aromatic rings. The predicted molar refractivity (Wildman–Crippen MR) is 70.6 cm³/mol. The molecule has 1 N–H and O–H groups in total. The van der Waals surface area contributed by atoms with Crippen LogP contribution in [0.25, 0.3) is 0 Å². The lowest BCUT2D eigenvalue weighted by Gasteiger charge is -2.21. The quantitative estimate of drug-likeness (QED) is 0.818. The number of rotatable bonds is 5. The molecule has 5 heteroatoms. The Morgan fingerprint density at radius 1 is 1.62 bits per heavy atom. The van der Waals surface area contributed by atoms with Gasteiger partial charge in [0.2, 0.25) is 5.91 Å². The van der Waals surface area contributed by atoms with Gasteiger partial charge in [-0.05, 0) is 6.42 Å². The first-order valence-corrected chi connectivity index (χ1v) is 7.85. The van der Waals surface area contributed by atoms with Crippen molar-refractivity contribution in [3.8, 4) is 6.07 Å². The number of hydrogen-bond donors (Lipinski definition) is 1. The molecule has 90 valence electrons. The molecule has 1 amide bonds. The summed E-state index contributed by atoms with van der Waals surface area (Å²) in [6, 6.07) is 2.07. The minimum atomic E-state index is -0.466. The van der Waals surface area contributed by atoms with Crippen molar-refractivity contribution in [3.05, 3.63) is 0 Å². The molecule has 2 unspecified atom stereocenters. The second-order valence-electron chi connectivity index (χ2n) is 3.78. The summed E-state index contributed by atoms with van der Waals surface area (Å²) in [5.74, 6) is 2.93. The predicted octanol–water partition coefficient (Wildman–Crippen LogP) is 1.89. The Morgan fingerprint density at radius 3 is 3.00 bits per heavy atom. The molecule has 0 spiro atoms. The SMILES string of the molecule is CCCC(C#N)C(=O)NCC1CSCCS1. The first-order chi connectivity index (χ1) is 7.77. The maximum atomic E-state index is 11.7. The van der Waals surface area contributed by atoms with Crippen molar-refractivity contribution in [2.75, 3.05) is 23.8 Å². The third kappa shape index (κ3) is 4.67. The summed E-state index contributed by atoms with van der Waals surface area (Å²) in [6.07, 6.45) is 1.54. The number of carbonyl (C=O) groups is 1. The van der Waals surface area contributed by atoms with E-state index >= 15 is 0 Å². The fraction of sp³-hybridized carbons (Fsp3) is 0.818. The van der Waals surface area contributed by atoms with Gasteiger partial charge in [-0.1, -0.05) is 13.3 Å². The van der Waals surface area contributed by atoms with Crippen LogP contribution >= 0.6 is 23.5 Å². The van der Waals surface area contributed by atoms with E-state index in [1.807, 2.05) is 30.4 Å². The van der Waals surface area contributed by atoms with Gasteiger partial charge in [-0.15, -0.1) is 0 Å². The van der Waals surface area contributed by atoms with Crippen molar-refractivity contribution in [1.29, 1.82) is 5.26 Å². The summed E-state index contributed by atoms with van der Waals surface area (Å²) in [6.45, 7) is 2.70. The molecule has 1 aliphatic heterocycles. The molecule has 0 aromatic heterocycles. The van der Waals surface area contributed by atoms with Gasteiger partial charge in [-0.2, -0.15) is 28.8 Å². The molecule has 1 heterocycles. The summed E-state index contributed by atoms with van der Waals surface area (Å²) in [4.78, 5) is 11.7. The van der Waals surface area contributed by atoms with Gasteiger partial charge in [0.1, 0.15) is 5.92 Å². The molecule has 0 aliphatic carbocycles. The van der Waals surface area contributed by atoms with Crippen molar-refractivity contribution >= 4 is 29.4 Å². The zero-order chi connectivity index (χ0) is 11.8. The van der Waals surface area contributed by atoms with Crippen LogP contribution in [-0.4, -0.2) is 35.0 Å². The first kappa shape index (κ1) is 13.7. The fourth-order valence-electron chi connectivity index (χ4n) is 1.54. The van der Waals surface area contributed by atoms with E-state index in [2.05, 4.69) is 11.4 Å². The number of nitriles is 1. The zero-order valence-corrected chi connectivity index (χ0v) is 11.2.